The zero-order chi connectivity index (χ0) is 38.9. The zero-order valence-electron chi connectivity index (χ0n) is 32.5. The molecule has 52 heavy (non-hydrogen) atoms. The molecule has 1 aliphatic heterocycles. The van der Waals surface area contributed by atoms with Crippen molar-refractivity contribution in [1.82, 2.24) is 5.32 Å². The Balaban J connectivity index is 2.62. The smallest absolute Gasteiger partial charge is 0.457 e. The highest BCUT2D eigenvalue weighted by molar-refractivity contribution is 7.46. The van der Waals surface area contributed by atoms with E-state index < -0.39 is 75.6 Å². The van der Waals surface area contributed by atoms with Crippen molar-refractivity contribution in [3.05, 3.63) is 0 Å². The largest absolute Gasteiger partial charge is 0.472 e. The molecule has 308 valence electrons. The summed E-state index contributed by atoms with van der Waals surface area (Å²) in [5.74, 6) is -0.186. The van der Waals surface area contributed by atoms with Gasteiger partial charge in [-0.05, 0) is 24.7 Å². The highest BCUT2D eigenvalue weighted by Gasteiger charge is 2.50. The summed E-state index contributed by atoms with van der Waals surface area (Å²) in [4.78, 5) is 44.9. The zero-order valence-corrected chi connectivity index (χ0v) is 33.4. The Morgan fingerprint density at radius 2 is 1.10 bits per heavy atom. The average molecular weight is 768 g/mol. The fourth-order valence-electron chi connectivity index (χ4n) is 6.63. The van der Waals surface area contributed by atoms with Gasteiger partial charge in [-0.3, -0.25) is 14.1 Å². The van der Waals surface area contributed by atoms with Gasteiger partial charge in [-0.2, -0.15) is 0 Å². The Morgan fingerprint density at radius 1 is 0.692 bits per heavy atom. The third-order valence-corrected chi connectivity index (χ3v) is 10.1. The number of phosphoric acid groups is 1. The van der Waals surface area contributed by atoms with Crippen LogP contribution in [0, 0.1) is 11.8 Å². The molecule has 1 rings (SSSR count). The molecular formula is C38H74NO12P. The van der Waals surface area contributed by atoms with Crippen molar-refractivity contribution in [2.45, 2.75) is 212 Å². The number of amides is 1. The number of carbonyl (C=O) groups is 2. The Hall–Kier alpha value is -1.15. The summed E-state index contributed by atoms with van der Waals surface area (Å²) in [5, 5.41) is 44.1. The van der Waals surface area contributed by atoms with Crippen molar-refractivity contribution in [3.8, 4) is 0 Å². The highest BCUT2D eigenvalue weighted by atomic mass is 31.2. The van der Waals surface area contributed by atoms with Crippen LogP contribution in [0.1, 0.15) is 169 Å². The van der Waals surface area contributed by atoms with Crippen LogP contribution in [0.15, 0.2) is 0 Å². The second-order valence-electron chi connectivity index (χ2n) is 15.7. The van der Waals surface area contributed by atoms with Gasteiger partial charge in [-0.15, -0.1) is 0 Å². The maximum atomic E-state index is 13.0. The summed E-state index contributed by atoms with van der Waals surface area (Å²) in [6, 6.07) is -1.60. The van der Waals surface area contributed by atoms with E-state index in [0.717, 1.165) is 56.8 Å². The molecule has 0 aromatic heterocycles. The van der Waals surface area contributed by atoms with Crippen LogP contribution < -0.4 is 5.32 Å². The number of hydrogen-bond donors (Lipinski definition) is 7. The number of nitrogens with one attached hydrogen (secondary N) is 1. The van der Waals surface area contributed by atoms with Gasteiger partial charge in [0.1, 0.15) is 18.2 Å². The number of rotatable bonds is 31. The molecule has 0 radical (unpaired) electrons. The van der Waals surface area contributed by atoms with Crippen molar-refractivity contribution in [1.29, 1.82) is 0 Å². The Morgan fingerprint density at radius 3 is 1.50 bits per heavy atom. The SMILES string of the molecule is CC(C)CCCCCCCCCCC[C@@H](O)CC(=O)N[C@H]1C(OP(=O)(O)O)OC(CO)[C@@H](O)C1OC(=O)C[C@H](O)CCCCCCCCCC(C)C. The lowest BCUT2D eigenvalue weighted by Crippen LogP contribution is -2.65. The number of carbonyl (C=O) groups excluding carboxylic acids is 2. The van der Waals surface area contributed by atoms with Gasteiger partial charge in [0.2, 0.25) is 5.91 Å². The minimum absolute atomic E-state index is 0.355. The van der Waals surface area contributed by atoms with Gasteiger partial charge in [0.15, 0.2) is 12.4 Å². The Bertz CT molecular complexity index is 980. The number of ether oxygens (including phenoxy) is 2. The number of phosphoric ester groups is 1. The van der Waals surface area contributed by atoms with Crippen molar-refractivity contribution in [3.63, 3.8) is 0 Å². The van der Waals surface area contributed by atoms with Crippen LogP contribution in [0.4, 0.5) is 0 Å². The molecule has 1 fully saturated rings. The quantitative estimate of drug-likeness (QED) is 0.0239. The van der Waals surface area contributed by atoms with Crippen LogP contribution in [0.5, 0.6) is 0 Å². The van der Waals surface area contributed by atoms with E-state index in [0.29, 0.717) is 19.3 Å². The van der Waals surface area contributed by atoms with E-state index in [1.165, 1.54) is 64.2 Å². The molecule has 1 amide bonds. The Labute approximate surface area is 313 Å². The van der Waals surface area contributed by atoms with Gasteiger partial charge in [-0.1, -0.05) is 143 Å². The van der Waals surface area contributed by atoms with E-state index in [2.05, 4.69) is 33.0 Å². The monoisotopic (exact) mass is 767 g/mol. The topological polar surface area (TPSA) is 212 Å². The molecule has 13 nitrogen and oxygen atoms in total. The van der Waals surface area contributed by atoms with Crippen molar-refractivity contribution >= 4 is 19.7 Å². The first kappa shape index (κ1) is 48.9. The summed E-state index contributed by atoms with van der Waals surface area (Å²) >= 11 is 0. The maximum Gasteiger partial charge on any atom is 0.472 e. The van der Waals surface area contributed by atoms with E-state index in [9.17, 15) is 44.4 Å². The molecule has 3 unspecified atom stereocenters. The van der Waals surface area contributed by atoms with Gasteiger partial charge in [-0.25, -0.2) is 4.57 Å². The molecule has 0 bridgehead atoms. The number of unbranched alkanes of at least 4 members (excludes halogenated alkanes) is 14. The van der Waals surface area contributed by atoms with Crippen LogP contribution in [-0.4, -0.2) is 91.5 Å². The van der Waals surface area contributed by atoms with Crippen LogP contribution in [0.25, 0.3) is 0 Å². The maximum absolute atomic E-state index is 13.0. The van der Waals surface area contributed by atoms with Gasteiger partial charge >= 0.3 is 13.8 Å². The lowest BCUT2D eigenvalue weighted by atomic mass is 9.96. The van der Waals surface area contributed by atoms with E-state index in [1.54, 1.807) is 0 Å². The molecule has 1 aliphatic rings. The van der Waals surface area contributed by atoms with Gasteiger partial charge in [0.05, 0.1) is 31.7 Å². The van der Waals surface area contributed by atoms with Crippen LogP contribution in [0.2, 0.25) is 0 Å². The highest BCUT2D eigenvalue weighted by Crippen LogP contribution is 2.41. The molecule has 0 spiro atoms. The molecule has 0 aliphatic carbocycles. The third kappa shape index (κ3) is 24.3. The van der Waals surface area contributed by atoms with Gasteiger partial charge in [0.25, 0.3) is 0 Å². The normalized spacial score (nSPS) is 22.1. The number of aliphatic hydroxyl groups excluding tert-OH is 4. The summed E-state index contributed by atoms with van der Waals surface area (Å²) in [5.41, 5.74) is 0. The van der Waals surface area contributed by atoms with E-state index in [4.69, 9.17) is 14.0 Å². The number of esters is 1. The van der Waals surface area contributed by atoms with Crippen molar-refractivity contribution in [2.75, 3.05) is 6.61 Å². The predicted molar refractivity (Wildman–Crippen MR) is 200 cm³/mol. The second-order valence-corrected chi connectivity index (χ2v) is 16.9. The lowest BCUT2D eigenvalue weighted by molar-refractivity contribution is -0.254. The molecular weight excluding hydrogens is 693 g/mol. The summed E-state index contributed by atoms with van der Waals surface area (Å²) < 4.78 is 27.3. The minimum atomic E-state index is -5.22. The standard InChI is InChI=1S/C38H74NO12P/c1-28(2)21-17-13-9-6-5-7-11-15-19-23-30(41)25-33(43)39-35-37(36(45)32(27-40)49-38(35)51-52(46,47)48)50-34(44)26-31(42)24-20-16-12-8-10-14-18-22-29(3)4/h28-32,35-38,40-42,45H,5-27H2,1-4H3,(H,39,43)(H2,46,47,48)/t30-,31-,32?,35-,36-,37?,38?/m1/s1. The molecule has 0 aromatic carbocycles. The summed E-state index contributed by atoms with van der Waals surface area (Å²) in [6.45, 7) is 8.13. The fraction of sp³-hybridized carbons (Fsp3) is 0.947. The summed E-state index contributed by atoms with van der Waals surface area (Å²) in [6.07, 6.45) is 11.1. The van der Waals surface area contributed by atoms with Crippen molar-refractivity contribution < 1.29 is 58.4 Å². The van der Waals surface area contributed by atoms with Gasteiger partial charge in [0, 0.05) is 0 Å². The lowest BCUT2D eigenvalue weighted by Gasteiger charge is -2.43. The first-order valence-electron chi connectivity index (χ1n) is 20.2. The average Bonchev–Trinajstić information content (AvgIpc) is 3.04. The minimum Gasteiger partial charge on any atom is -0.457 e. The first-order valence-corrected chi connectivity index (χ1v) is 21.7. The molecule has 7 atom stereocenters. The van der Waals surface area contributed by atoms with Crippen LogP contribution in [-0.2, 0) is 28.2 Å². The fourth-order valence-corrected chi connectivity index (χ4v) is 7.08. The number of aliphatic hydroxyl groups is 4. The van der Waals surface area contributed by atoms with Gasteiger partial charge < -0.3 is 45.0 Å². The first-order chi connectivity index (χ1) is 24.6. The van der Waals surface area contributed by atoms with E-state index in [1.807, 2.05) is 0 Å². The molecule has 0 saturated carbocycles. The van der Waals surface area contributed by atoms with Crippen LogP contribution >= 0.6 is 7.82 Å². The molecule has 7 N–H and O–H groups in total. The van der Waals surface area contributed by atoms with E-state index in [-0.39, 0.29) is 6.42 Å². The van der Waals surface area contributed by atoms with E-state index >= 15 is 0 Å². The van der Waals surface area contributed by atoms with Crippen LogP contribution in [0.3, 0.4) is 0 Å². The summed E-state index contributed by atoms with van der Waals surface area (Å²) in [7, 11) is -5.22. The third-order valence-electron chi connectivity index (χ3n) is 9.65. The molecule has 14 heteroatoms. The van der Waals surface area contributed by atoms with Crippen molar-refractivity contribution in [2.24, 2.45) is 11.8 Å². The molecule has 1 saturated heterocycles. The predicted octanol–water partition coefficient (Wildman–Crippen LogP) is 6.19. The number of hydrogen-bond acceptors (Lipinski definition) is 10. The molecule has 0 aromatic rings. The Kier molecular flexibility index (Phi) is 26.6. The molecule has 1 heterocycles. The second kappa shape index (κ2) is 28.3.